The molecule has 0 N–H and O–H groups in total. The Balaban J connectivity index is 1.03. The number of benzene rings is 10. The Hall–Kier alpha value is -8.14. The SMILES string of the molecule is CCC(C)C(/N=C(\N=C(/C)c1ccc2c(ccc3ccccc32)c1)c1ccccc1)c1ccc2c(c1)C1(c3ccccc3-2)c2ccccc2C2(c3ccccc3Oc3ccccc32)c2ccccc21. The minimum Gasteiger partial charge on any atom is -0.457 e. The van der Waals surface area contributed by atoms with Gasteiger partial charge in [0, 0.05) is 22.4 Å². The van der Waals surface area contributed by atoms with Crippen LogP contribution in [0.1, 0.15) is 94.4 Å². The molecule has 0 saturated carbocycles. The van der Waals surface area contributed by atoms with E-state index < -0.39 is 10.8 Å². The Morgan fingerprint density at radius 1 is 0.449 bits per heavy atom. The van der Waals surface area contributed by atoms with E-state index in [2.05, 4.69) is 245 Å². The van der Waals surface area contributed by atoms with E-state index in [4.69, 9.17) is 14.7 Å². The van der Waals surface area contributed by atoms with Crippen LogP contribution >= 0.6 is 0 Å². The predicted molar refractivity (Wildman–Crippen MR) is 285 cm³/mol. The van der Waals surface area contributed by atoms with E-state index in [-0.39, 0.29) is 12.0 Å². The maximum absolute atomic E-state index is 6.76. The van der Waals surface area contributed by atoms with Gasteiger partial charge in [-0.05, 0) is 108 Å². The summed E-state index contributed by atoms with van der Waals surface area (Å²) in [5, 5.41) is 4.95. The Bertz CT molecular complexity index is 3650. The Kier molecular flexibility index (Phi) is 9.52. The summed E-state index contributed by atoms with van der Waals surface area (Å²) >= 11 is 0. The molecule has 3 heteroatoms. The van der Waals surface area contributed by atoms with Crippen molar-refractivity contribution in [2.75, 3.05) is 0 Å². The van der Waals surface area contributed by atoms with Crippen molar-refractivity contribution in [3.8, 4) is 22.6 Å². The molecule has 2 unspecified atom stereocenters. The number of hydrogen-bond donors (Lipinski definition) is 0. The van der Waals surface area contributed by atoms with Gasteiger partial charge in [-0.2, -0.15) is 0 Å². The second-order valence-electron chi connectivity index (χ2n) is 19.1. The highest BCUT2D eigenvalue weighted by Crippen LogP contribution is 2.67. The van der Waals surface area contributed by atoms with Crippen molar-refractivity contribution < 1.29 is 4.74 Å². The van der Waals surface area contributed by atoms with Crippen molar-refractivity contribution in [2.45, 2.75) is 44.1 Å². The number of nitrogens with zero attached hydrogens (tertiary/aromatic N) is 2. The van der Waals surface area contributed by atoms with E-state index in [0.717, 1.165) is 51.7 Å². The quantitative estimate of drug-likeness (QED) is 0.0930. The molecule has 2 atom stereocenters. The summed E-state index contributed by atoms with van der Waals surface area (Å²) in [5.41, 5.74) is 15.5. The largest absolute Gasteiger partial charge is 0.457 e. The lowest BCUT2D eigenvalue weighted by Gasteiger charge is -2.51. The molecule has 0 bridgehead atoms. The first kappa shape index (κ1) is 41.1. The molecule has 2 aliphatic carbocycles. The number of amidine groups is 1. The minimum atomic E-state index is -0.623. The predicted octanol–water partition coefficient (Wildman–Crippen LogP) is 16.2. The van der Waals surface area contributed by atoms with Gasteiger partial charge in [-0.15, -0.1) is 0 Å². The van der Waals surface area contributed by atoms with Gasteiger partial charge in [0.05, 0.1) is 16.9 Å². The van der Waals surface area contributed by atoms with Gasteiger partial charge in [-0.1, -0.05) is 227 Å². The van der Waals surface area contributed by atoms with E-state index >= 15 is 0 Å². The summed E-state index contributed by atoms with van der Waals surface area (Å²) in [7, 11) is 0. The first-order chi connectivity index (χ1) is 34.0. The first-order valence-corrected chi connectivity index (χ1v) is 24.4. The minimum absolute atomic E-state index is 0.176. The van der Waals surface area contributed by atoms with Crippen LogP contribution < -0.4 is 4.74 Å². The van der Waals surface area contributed by atoms with Crippen molar-refractivity contribution >= 4 is 33.1 Å². The topological polar surface area (TPSA) is 34.0 Å². The highest BCUT2D eigenvalue weighted by atomic mass is 16.5. The number of fused-ring (bicyclic) bond motifs is 18. The fourth-order valence-electron chi connectivity index (χ4n) is 12.3. The Morgan fingerprint density at radius 3 is 1.64 bits per heavy atom. The molecule has 0 radical (unpaired) electrons. The van der Waals surface area contributed by atoms with Crippen molar-refractivity contribution in [1.29, 1.82) is 0 Å². The molecule has 0 amide bonds. The second kappa shape index (κ2) is 16.0. The third kappa shape index (κ3) is 5.99. The summed E-state index contributed by atoms with van der Waals surface area (Å²) in [4.78, 5) is 11.2. The van der Waals surface area contributed by atoms with Crippen LogP contribution in [-0.4, -0.2) is 11.5 Å². The normalized spacial score (nSPS) is 15.6. The van der Waals surface area contributed by atoms with E-state index in [0.29, 0.717) is 0 Å². The molecule has 0 aromatic heterocycles. The third-order valence-corrected chi connectivity index (χ3v) is 15.6. The zero-order valence-electron chi connectivity index (χ0n) is 39.0. The molecule has 2 spiro atoms. The summed E-state index contributed by atoms with van der Waals surface area (Å²) in [6, 6.07) is 82.3. The monoisotopic (exact) mass is 886 g/mol. The van der Waals surface area contributed by atoms with Crippen LogP contribution in [0.2, 0.25) is 0 Å². The number of aliphatic imine (C=N–C) groups is 2. The molecule has 10 aromatic rings. The standard InChI is InChI=1S/C66H50N2O/c1-4-42(2)63(68-64(45-21-6-5-7-22-45)67-43(3)46-36-38-50-47(40-46)35-34-44-20-8-9-23-49(44)50)48-37-39-52-51-24-10-11-25-53(51)65(60(52)41-48)54-26-12-14-28-56(54)66(57-29-15-13-27-55(57)65)58-30-16-18-32-61(58)69-62-33-19-17-31-59(62)66/h5-42,63H,4H2,1-3H3/b67-43+,68-64-. The molecule has 10 aromatic carbocycles. The number of rotatable bonds is 6. The van der Waals surface area contributed by atoms with Crippen molar-refractivity contribution in [3.05, 3.63) is 286 Å². The van der Waals surface area contributed by atoms with Crippen molar-refractivity contribution in [2.24, 2.45) is 15.9 Å². The molecule has 0 saturated heterocycles. The zero-order chi connectivity index (χ0) is 46.3. The van der Waals surface area contributed by atoms with Gasteiger partial charge in [0.25, 0.3) is 0 Å². The third-order valence-electron chi connectivity index (χ3n) is 15.6. The smallest absolute Gasteiger partial charge is 0.155 e. The molecule has 0 fully saturated rings. The van der Waals surface area contributed by atoms with Gasteiger partial charge in [0.1, 0.15) is 11.5 Å². The fraction of sp³-hybridized carbons (Fsp3) is 0.121. The van der Waals surface area contributed by atoms with Crippen LogP contribution in [0, 0.1) is 5.92 Å². The molecular weight excluding hydrogens is 837 g/mol. The maximum Gasteiger partial charge on any atom is 0.155 e. The van der Waals surface area contributed by atoms with Crippen LogP contribution in [0.5, 0.6) is 11.5 Å². The summed E-state index contributed by atoms with van der Waals surface area (Å²) in [6.07, 6.45) is 0.953. The molecule has 69 heavy (non-hydrogen) atoms. The Labute approximate surface area is 404 Å². The van der Waals surface area contributed by atoms with Crippen LogP contribution in [0.4, 0.5) is 0 Å². The van der Waals surface area contributed by atoms with Crippen LogP contribution in [0.25, 0.3) is 32.7 Å². The number of para-hydroxylation sites is 2. The van der Waals surface area contributed by atoms with Crippen LogP contribution in [0.3, 0.4) is 0 Å². The fourth-order valence-corrected chi connectivity index (χ4v) is 12.3. The van der Waals surface area contributed by atoms with Gasteiger partial charge >= 0.3 is 0 Å². The van der Waals surface area contributed by atoms with Crippen LogP contribution in [-0.2, 0) is 10.8 Å². The van der Waals surface area contributed by atoms with E-state index in [1.54, 1.807) is 0 Å². The molecule has 330 valence electrons. The number of ether oxygens (including phenoxy) is 1. The summed E-state index contributed by atoms with van der Waals surface area (Å²) in [5.74, 6) is 2.74. The molecule has 1 aliphatic heterocycles. The van der Waals surface area contributed by atoms with Crippen molar-refractivity contribution in [1.82, 2.24) is 0 Å². The molecule has 1 heterocycles. The van der Waals surface area contributed by atoms with Gasteiger partial charge in [-0.25, -0.2) is 4.99 Å². The summed E-state index contributed by atoms with van der Waals surface area (Å²) in [6.45, 7) is 6.74. The van der Waals surface area contributed by atoms with Gasteiger partial charge in [0.15, 0.2) is 5.84 Å². The Morgan fingerprint density at radius 2 is 0.971 bits per heavy atom. The lowest BCUT2D eigenvalue weighted by molar-refractivity contribution is 0.428. The average Bonchev–Trinajstić information content (AvgIpc) is 3.70. The molecular formula is C66H50N2O. The van der Waals surface area contributed by atoms with E-state index in [1.807, 2.05) is 0 Å². The number of hydrogen-bond acceptors (Lipinski definition) is 2. The van der Waals surface area contributed by atoms with Gasteiger partial charge in [0.2, 0.25) is 0 Å². The highest BCUT2D eigenvalue weighted by Gasteiger charge is 2.58. The van der Waals surface area contributed by atoms with Gasteiger partial charge < -0.3 is 4.74 Å². The van der Waals surface area contributed by atoms with Gasteiger partial charge in [-0.3, -0.25) is 4.99 Å². The molecule has 3 aliphatic rings. The van der Waals surface area contributed by atoms with Crippen LogP contribution in [0.15, 0.2) is 234 Å². The first-order valence-electron chi connectivity index (χ1n) is 24.4. The van der Waals surface area contributed by atoms with Crippen molar-refractivity contribution in [3.63, 3.8) is 0 Å². The van der Waals surface area contributed by atoms with E-state index in [9.17, 15) is 0 Å². The average molecular weight is 887 g/mol. The maximum atomic E-state index is 6.76. The molecule has 3 nitrogen and oxygen atoms in total. The summed E-state index contributed by atoms with van der Waals surface area (Å²) < 4.78 is 6.76. The molecule has 13 rings (SSSR count). The van der Waals surface area contributed by atoms with E-state index in [1.165, 1.54) is 71.6 Å². The second-order valence-corrected chi connectivity index (χ2v) is 19.1. The lowest BCUT2D eigenvalue weighted by atomic mass is 9.51. The lowest BCUT2D eigenvalue weighted by Crippen LogP contribution is -2.45. The zero-order valence-corrected chi connectivity index (χ0v) is 39.0. The highest BCUT2D eigenvalue weighted by molar-refractivity contribution is 6.14.